The van der Waals surface area contributed by atoms with Crippen LogP contribution in [-0.4, -0.2) is 111 Å². The normalized spacial score (nSPS) is 25.3. The molecule has 18 heteroatoms. The zero-order valence-corrected chi connectivity index (χ0v) is 44.0. The molecule has 4 atom stereocenters. The molecule has 1 spiro atoms. The van der Waals surface area contributed by atoms with Crippen LogP contribution < -0.4 is 34.8 Å². The molecule has 3 saturated heterocycles. The lowest BCUT2D eigenvalue weighted by Gasteiger charge is -2.58. The molecule has 16 nitrogen and oxygen atoms in total. The Balaban J connectivity index is 0.878. The van der Waals surface area contributed by atoms with Gasteiger partial charge in [0, 0.05) is 68.2 Å². The number of carbonyl (C=O) groups is 1. The largest absolute Gasteiger partial charge is 0.629 e. The number of aromatic nitrogens is 2. The number of quaternary nitrogens is 1. The fraction of sp³-hybridized carbons (Fsp3) is 0.518. The zero-order valence-electron chi connectivity index (χ0n) is 43.2. The number of halogens is 1. The van der Waals surface area contributed by atoms with Crippen LogP contribution in [0.15, 0.2) is 78.3 Å². The summed E-state index contributed by atoms with van der Waals surface area (Å²) in [7, 11) is -3.27. The van der Waals surface area contributed by atoms with Gasteiger partial charge >= 0.3 is 0 Å². The maximum Gasteiger partial charge on any atom is 0.268 e. The summed E-state index contributed by atoms with van der Waals surface area (Å²) in [5, 5.41) is 29.5. The number of nitrogens with zero attached hydrogens (tertiary/aromatic N) is 4. The average molecular weight is 1040 g/mol. The number of anilines is 2. The summed E-state index contributed by atoms with van der Waals surface area (Å²) in [4.78, 5) is 27.8. The Morgan fingerprint density at radius 3 is 2.54 bits per heavy atom. The average Bonchev–Trinajstić information content (AvgIpc) is 4.14. The lowest BCUT2D eigenvalue weighted by Crippen LogP contribution is -2.98. The Bertz CT molecular complexity index is 2900. The first kappa shape index (κ1) is 52.0. The number of aliphatic hydroxyl groups is 1. The summed E-state index contributed by atoms with van der Waals surface area (Å²) in [5.41, 5.74) is 3.78. The zero-order chi connectivity index (χ0) is 52.1. The number of sulfonamides is 1. The van der Waals surface area contributed by atoms with Crippen molar-refractivity contribution >= 4 is 44.5 Å². The first-order valence-corrected chi connectivity index (χ1v) is 27.9. The molecule has 5 fully saturated rings. The molecule has 2 aromatic heterocycles. The van der Waals surface area contributed by atoms with Gasteiger partial charge in [0.1, 0.15) is 16.5 Å². The number of benzene rings is 2. The molecule has 5 N–H and O–H groups in total. The van der Waals surface area contributed by atoms with E-state index in [4.69, 9.17) is 14.2 Å². The van der Waals surface area contributed by atoms with Gasteiger partial charge < -0.3 is 45.1 Å². The fourth-order valence-electron chi connectivity index (χ4n) is 11.9. The van der Waals surface area contributed by atoms with Crippen molar-refractivity contribution in [3.63, 3.8) is 0 Å². The molecule has 2 aromatic carbocycles. The predicted molar refractivity (Wildman–Crippen MR) is 283 cm³/mol. The van der Waals surface area contributed by atoms with Gasteiger partial charge in [-0.25, -0.2) is 27.5 Å². The highest BCUT2D eigenvalue weighted by Gasteiger charge is 2.51. The van der Waals surface area contributed by atoms with Crippen molar-refractivity contribution in [2.75, 3.05) is 63.2 Å². The van der Waals surface area contributed by atoms with Gasteiger partial charge in [-0.05, 0) is 130 Å². The lowest BCUT2D eigenvalue weighted by atomic mass is 9.59. The minimum absolute atomic E-state index is 0.00502. The van der Waals surface area contributed by atoms with Crippen LogP contribution in [0.25, 0.3) is 11.4 Å². The maximum atomic E-state index is 15.2. The molecule has 3 aliphatic carbocycles. The molecule has 5 heterocycles. The van der Waals surface area contributed by atoms with Crippen molar-refractivity contribution in [2.24, 2.45) is 11.3 Å². The molecule has 1 amide bonds. The molecule has 0 bridgehead atoms. The number of hydrogen-bond acceptors (Lipinski definition) is 14. The second-order valence-corrected chi connectivity index (χ2v) is 23.8. The molecule has 0 radical (unpaired) electrons. The first-order valence-electron chi connectivity index (χ1n) is 26.4. The number of carbonyl (C=O) groups excluding carboxylic acids is 1. The summed E-state index contributed by atoms with van der Waals surface area (Å²) >= 11 is 0. The van der Waals surface area contributed by atoms with Crippen molar-refractivity contribution in [1.82, 2.24) is 24.9 Å². The van der Waals surface area contributed by atoms with Crippen LogP contribution >= 0.6 is 0 Å². The minimum atomic E-state index is -4.59. The summed E-state index contributed by atoms with van der Waals surface area (Å²) in [5.74, 6) is -0.576. The van der Waals surface area contributed by atoms with Crippen LogP contribution in [0.3, 0.4) is 0 Å². The number of hydroxylamine groups is 1. The molecule has 396 valence electrons. The van der Waals surface area contributed by atoms with E-state index in [9.17, 15) is 23.5 Å². The second kappa shape index (κ2) is 20.9. The number of fused-ring (bicyclic) bond motifs is 1. The third kappa shape index (κ3) is 11.1. The standard InChI is InChI=1S/C56H71FN8O8S/c1-7-71-54-50(26-45-46(57)22-35(4)51(45)61-54)73-49-24-38(12-13-44(49)53(66)62-74(69,70)41-25-47(63(6)68)52(60-31-41)59-29-36-14-16-55(5,67)17-15-36)64-20-18-56(19-21-64)27-39(28-56)65-32-40(23-37-30-58-37)72-33-48(65)43-11-9-8-10-42(43)34(2)3/h8-13,22,24-26,31,34,36-37,39-40,48,58,63,67H,4,7,14-21,23,27-30,32-33H2,1-3,5-6H3,(H,59,60)(H,62,66)/t36?,37?,40-,48+,55?/m1/s1. The first-order chi connectivity index (χ1) is 35.4. The van der Waals surface area contributed by atoms with Gasteiger partial charge in [-0.2, -0.15) is 0 Å². The third-order valence-corrected chi connectivity index (χ3v) is 17.7. The van der Waals surface area contributed by atoms with E-state index in [0.717, 1.165) is 83.0 Å². The van der Waals surface area contributed by atoms with Crippen LogP contribution in [0, 0.1) is 16.5 Å². The van der Waals surface area contributed by atoms with Gasteiger partial charge in [-0.3, -0.25) is 9.69 Å². The molecule has 10 rings (SSSR count). The number of nitrogens with one attached hydrogen (secondary N) is 4. The Morgan fingerprint density at radius 1 is 1.09 bits per heavy atom. The van der Waals surface area contributed by atoms with E-state index in [-0.39, 0.29) is 75.0 Å². The van der Waals surface area contributed by atoms with Crippen LogP contribution in [-0.2, 0) is 14.8 Å². The van der Waals surface area contributed by atoms with Crippen molar-refractivity contribution in [1.29, 1.82) is 0 Å². The molecule has 2 unspecified atom stereocenters. The lowest BCUT2D eigenvalue weighted by molar-refractivity contribution is -0.751. The highest BCUT2D eigenvalue weighted by molar-refractivity contribution is 7.90. The number of hydrogen-bond donors (Lipinski definition) is 5. The smallest absolute Gasteiger partial charge is 0.268 e. The van der Waals surface area contributed by atoms with Gasteiger partial charge in [0.15, 0.2) is 17.3 Å². The van der Waals surface area contributed by atoms with Crippen LogP contribution in [0.5, 0.6) is 17.4 Å². The van der Waals surface area contributed by atoms with Crippen molar-refractivity contribution in [3.05, 3.63) is 107 Å². The maximum absolute atomic E-state index is 15.2. The summed E-state index contributed by atoms with van der Waals surface area (Å²) < 4.78 is 64.4. The van der Waals surface area contributed by atoms with Crippen LogP contribution in [0.4, 0.5) is 21.6 Å². The fourth-order valence-corrected chi connectivity index (χ4v) is 12.8. The monoisotopic (exact) mass is 1030 g/mol. The molecule has 2 saturated carbocycles. The molecule has 74 heavy (non-hydrogen) atoms. The Morgan fingerprint density at radius 2 is 1.84 bits per heavy atom. The summed E-state index contributed by atoms with van der Waals surface area (Å²) in [6.07, 6.45) is 10.7. The summed E-state index contributed by atoms with van der Waals surface area (Å²) in [6.45, 7) is 16.9. The second-order valence-electron chi connectivity index (χ2n) is 22.1. The van der Waals surface area contributed by atoms with Crippen LogP contribution in [0.2, 0.25) is 0 Å². The van der Waals surface area contributed by atoms with Gasteiger partial charge in [0.2, 0.25) is 0 Å². The molecule has 4 aromatic rings. The topological polar surface area (TPSA) is 205 Å². The van der Waals surface area contributed by atoms with E-state index >= 15 is 4.39 Å². The minimum Gasteiger partial charge on any atom is -0.629 e. The van der Waals surface area contributed by atoms with Crippen molar-refractivity contribution in [3.8, 4) is 17.4 Å². The number of piperidine rings is 1. The highest BCUT2D eigenvalue weighted by Crippen LogP contribution is 2.54. The highest BCUT2D eigenvalue weighted by atomic mass is 32.2. The van der Waals surface area contributed by atoms with E-state index in [2.05, 4.69) is 79.8 Å². The Kier molecular flexibility index (Phi) is 14.7. The molecule has 6 aliphatic rings. The third-order valence-electron chi connectivity index (χ3n) is 16.4. The number of pyridine rings is 2. The molecular formula is C56H71FN8O8S. The SMILES string of the molecule is C=C1C=C(F)c2cc(Oc3cc(N4CCC5(CC4)CC(N4C[C@@H](CC6CN6)OC[C@H]4c4ccccc4C(C)C)C5)ccc3C(=O)NS(=O)(=O)c3cnc(NCC4CCC(C)(O)CC4)c([NH+](C)[O-])c3)c(OCC)nc21. The van der Waals surface area contributed by atoms with Crippen molar-refractivity contribution < 1.29 is 42.0 Å². The molecular weight excluding hydrogens is 964 g/mol. The number of amides is 1. The number of rotatable bonds is 17. The van der Waals surface area contributed by atoms with E-state index in [1.807, 2.05) is 6.92 Å². The van der Waals surface area contributed by atoms with E-state index in [1.54, 1.807) is 19.1 Å². The quantitative estimate of drug-likeness (QED) is 0.0506. The molecule has 3 aliphatic heterocycles. The predicted octanol–water partition coefficient (Wildman–Crippen LogP) is 7.80. The van der Waals surface area contributed by atoms with Gasteiger partial charge in [-0.15, -0.1) is 0 Å². The van der Waals surface area contributed by atoms with Gasteiger partial charge in [-0.1, -0.05) is 44.7 Å². The Hall–Kier alpha value is -5.47. The van der Waals surface area contributed by atoms with E-state index < -0.39 is 32.4 Å². The number of allylic oxidation sites excluding steroid dienone is 2. The van der Waals surface area contributed by atoms with Gasteiger partial charge in [0.25, 0.3) is 21.8 Å². The van der Waals surface area contributed by atoms with Gasteiger partial charge in [0.05, 0.1) is 55.5 Å². The van der Waals surface area contributed by atoms with Crippen molar-refractivity contribution in [2.45, 2.75) is 126 Å². The summed E-state index contributed by atoms with van der Waals surface area (Å²) in [6, 6.07) is 17.7. The number of ether oxygens (including phenoxy) is 3. The van der Waals surface area contributed by atoms with E-state index in [0.29, 0.717) is 55.3 Å². The number of morpholine rings is 1. The Labute approximate surface area is 434 Å². The van der Waals surface area contributed by atoms with Crippen LogP contribution in [0.1, 0.15) is 130 Å². The van der Waals surface area contributed by atoms with E-state index in [1.165, 1.54) is 42.4 Å².